The third-order valence-corrected chi connectivity index (χ3v) is 4.83. The summed E-state index contributed by atoms with van der Waals surface area (Å²) in [5.74, 6) is -1.13. The van der Waals surface area contributed by atoms with Crippen molar-refractivity contribution in [2.24, 2.45) is 11.7 Å². The van der Waals surface area contributed by atoms with Crippen molar-refractivity contribution in [3.8, 4) is 0 Å². The lowest BCUT2D eigenvalue weighted by Gasteiger charge is -2.30. The molecule has 25 heavy (non-hydrogen) atoms. The summed E-state index contributed by atoms with van der Waals surface area (Å²) in [5, 5.41) is 11.9. The third-order valence-electron chi connectivity index (χ3n) is 4.83. The molecule has 4 N–H and O–H groups in total. The predicted molar refractivity (Wildman–Crippen MR) is 94.0 cm³/mol. The minimum atomic E-state index is -0.967. The van der Waals surface area contributed by atoms with Crippen LogP contribution < -0.4 is 11.1 Å². The molecule has 6 heteroatoms. The van der Waals surface area contributed by atoms with Gasteiger partial charge in [0.25, 0.3) is 0 Å². The minimum Gasteiger partial charge on any atom is -0.478 e. The second-order valence-electron chi connectivity index (χ2n) is 6.74. The summed E-state index contributed by atoms with van der Waals surface area (Å²) in [6.45, 7) is 0. The highest BCUT2D eigenvalue weighted by Crippen LogP contribution is 2.27. The standard InChI is InChI=1S/C19H26N2O4/c20-17(22)12-16(14-4-2-1-3-5-14)21-18(23)11-8-13-6-9-15(10-7-13)19(24)25/h6-7,9-10,14,16H,1-5,8,11-12H2,(H2,20,22)(H,21,23)(H,24,25). The normalized spacial score (nSPS) is 16.2. The van der Waals surface area contributed by atoms with Gasteiger partial charge in [-0.25, -0.2) is 4.79 Å². The molecule has 1 aromatic carbocycles. The molecule has 2 rings (SSSR count). The molecule has 1 aliphatic rings. The first kappa shape index (κ1) is 19.0. The van der Waals surface area contributed by atoms with Crippen LogP contribution in [0.2, 0.25) is 0 Å². The molecule has 1 saturated carbocycles. The average Bonchev–Trinajstić information content (AvgIpc) is 2.60. The van der Waals surface area contributed by atoms with E-state index in [9.17, 15) is 14.4 Å². The SMILES string of the molecule is NC(=O)CC(NC(=O)CCc1ccc(C(=O)O)cc1)C1CCCCC1. The number of benzene rings is 1. The Morgan fingerprint density at radius 1 is 1.12 bits per heavy atom. The largest absolute Gasteiger partial charge is 0.478 e. The van der Waals surface area contributed by atoms with E-state index in [1.165, 1.54) is 18.6 Å². The number of aryl methyl sites for hydroxylation is 1. The Morgan fingerprint density at radius 2 is 1.76 bits per heavy atom. The number of hydrogen-bond acceptors (Lipinski definition) is 3. The fourth-order valence-electron chi connectivity index (χ4n) is 3.44. The van der Waals surface area contributed by atoms with E-state index in [-0.39, 0.29) is 29.8 Å². The smallest absolute Gasteiger partial charge is 0.335 e. The van der Waals surface area contributed by atoms with Gasteiger partial charge < -0.3 is 16.2 Å². The Bertz CT molecular complexity index is 606. The van der Waals surface area contributed by atoms with Crippen LogP contribution >= 0.6 is 0 Å². The van der Waals surface area contributed by atoms with Crippen LogP contribution in [0, 0.1) is 5.92 Å². The van der Waals surface area contributed by atoms with Gasteiger partial charge in [0.2, 0.25) is 11.8 Å². The van der Waals surface area contributed by atoms with Crippen LogP contribution in [0.3, 0.4) is 0 Å². The van der Waals surface area contributed by atoms with Crippen LogP contribution in [0.5, 0.6) is 0 Å². The molecule has 2 amide bonds. The number of carbonyl (C=O) groups is 3. The highest BCUT2D eigenvalue weighted by atomic mass is 16.4. The zero-order chi connectivity index (χ0) is 18.2. The Labute approximate surface area is 147 Å². The number of nitrogens with two attached hydrogens (primary N) is 1. The molecule has 0 bridgehead atoms. The molecule has 1 unspecified atom stereocenters. The van der Waals surface area contributed by atoms with Gasteiger partial charge in [0.1, 0.15) is 0 Å². The van der Waals surface area contributed by atoms with Gasteiger partial charge in [-0.2, -0.15) is 0 Å². The molecule has 1 atom stereocenters. The summed E-state index contributed by atoms with van der Waals surface area (Å²) in [6, 6.07) is 6.33. The van der Waals surface area contributed by atoms with E-state index >= 15 is 0 Å². The molecule has 0 aromatic heterocycles. The summed E-state index contributed by atoms with van der Waals surface area (Å²) in [6.07, 6.45) is 6.53. The van der Waals surface area contributed by atoms with E-state index in [2.05, 4.69) is 5.32 Å². The van der Waals surface area contributed by atoms with Gasteiger partial charge in [-0.05, 0) is 42.9 Å². The first-order valence-electron chi connectivity index (χ1n) is 8.85. The molecule has 0 heterocycles. The van der Waals surface area contributed by atoms with Crippen LogP contribution in [0.1, 0.15) is 60.9 Å². The van der Waals surface area contributed by atoms with Gasteiger partial charge in [-0.15, -0.1) is 0 Å². The van der Waals surface area contributed by atoms with Crippen LogP contribution in [-0.2, 0) is 16.0 Å². The molecule has 1 aliphatic carbocycles. The van der Waals surface area contributed by atoms with Crippen molar-refractivity contribution < 1.29 is 19.5 Å². The maximum atomic E-state index is 12.3. The number of carboxylic acid groups (broad SMARTS) is 1. The first-order valence-corrected chi connectivity index (χ1v) is 8.85. The monoisotopic (exact) mass is 346 g/mol. The summed E-state index contributed by atoms with van der Waals surface area (Å²) >= 11 is 0. The van der Waals surface area contributed by atoms with E-state index in [1.807, 2.05) is 0 Å². The quantitative estimate of drug-likeness (QED) is 0.670. The van der Waals surface area contributed by atoms with Crippen molar-refractivity contribution in [1.82, 2.24) is 5.32 Å². The maximum absolute atomic E-state index is 12.3. The zero-order valence-corrected chi connectivity index (χ0v) is 14.4. The van der Waals surface area contributed by atoms with Gasteiger partial charge in [-0.3, -0.25) is 9.59 Å². The molecule has 6 nitrogen and oxygen atoms in total. The van der Waals surface area contributed by atoms with Crippen molar-refractivity contribution in [2.75, 3.05) is 0 Å². The lowest BCUT2D eigenvalue weighted by molar-refractivity contribution is -0.123. The van der Waals surface area contributed by atoms with Gasteiger partial charge in [0, 0.05) is 18.9 Å². The fraction of sp³-hybridized carbons (Fsp3) is 0.526. The highest BCUT2D eigenvalue weighted by Gasteiger charge is 2.26. The number of aromatic carboxylic acids is 1. The van der Waals surface area contributed by atoms with Crippen molar-refractivity contribution >= 4 is 17.8 Å². The summed E-state index contributed by atoms with van der Waals surface area (Å²) < 4.78 is 0. The molecular weight excluding hydrogens is 320 g/mol. The number of primary amides is 1. The van der Waals surface area contributed by atoms with Gasteiger partial charge in [-0.1, -0.05) is 31.4 Å². The molecule has 1 fully saturated rings. The zero-order valence-electron chi connectivity index (χ0n) is 14.4. The van der Waals surface area contributed by atoms with Crippen molar-refractivity contribution in [3.63, 3.8) is 0 Å². The van der Waals surface area contributed by atoms with Gasteiger partial charge in [0.15, 0.2) is 0 Å². The van der Waals surface area contributed by atoms with Gasteiger partial charge in [0.05, 0.1) is 5.56 Å². The number of rotatable bonds is 8. The molecule has 1 aromatic rings. The Balaban J connectivity index is 1.87. The van der Waals surface area contributed by atoms with Crippen LogP contribution in [-0.4, -0.2) is 28.9 Å². The van der Waals surface area contributed by atoms with E-state index in [1.54, 1.807) is 12.1 Å². The first-order chi connectivity index (χ1) is 12.0. The molecule has 136 valence electrons. The summed E-state index contributed by atoms with van der Waals surface area (Å²) in [7, 11) is 0. The average molecular weight is 346 g/mol. The van der Waals surface area contributed by atoms with Crippen LogP contribution in [0.15, 0.2) is 24.3 Å². The number of hydrogen-bond donors (Lipinski definition) is 3. The predicted octanol–water partition coefficient (Wildman–Crippen LogP) is 2.26. The minimum absolute atomic E-state index is 0.0980. The Kier molecular flexibility index (Phi) is 6.98. The molecule has 0 spiro atoms. The summed E-state index contributed by atoms with van der Waals surface area (Å²) in [4.78, 5) is 34.4. The van der Waals surface area contributed by atoms with E-state index in [4.69, 9.17) is 10.8 Å². The third kappa shape index (κ3) is 6.21. The lowest BCUT2D eigenvalue weighted by atomic mass is 9.82. The molecule has 0 saturated heterocycles. The molecule has 0 radical (unpaired) electrons. The number of carboxylic acids is 1. The van der Waals surface area contributed by atoms with Crippen LogP contribution in [0.4, 0.5) is 0 Å². The Morgan fingerprint density at radius 3 is 2.32 bits per heavy atom. The van der Waals surface area contributed by atoms with Crippen molar-refractivity contribution in [2.45, 2.75) is 57.4 Å². The number of carbonyl (C=O) groups excluding carboxylic acids is 2. The maximum Gasteiger partial charge on any atom is 0.335 e. The van der Waals surface area contributed by atoms with E-state index in [0.717, 1.165) is 31.2 Å². The molecular formula is C19H26N2O4. The number of amides is 2. The lowest BCUT2D eigenvalue weighted by Crippen LogP contribution is -2.43. The Hall–Kier alpha value is -2.37. The second-order valence-corrected chi connectivity index (χ2v) is 6.74. The molecule has 0 aliphatic heterocycles. The fourth-order valence-corrected chi connectivity index (χ4v) is 3.44. The van der Waals surface area contributed by atoms with Gasteiger partial charge >= 0.3 is 5.97 Å². The van der Waals surface area contributed by atoms with E-state index < -0.39 is 5.97 Å². The van der Waals surface area contributed by atoms with E-state index in [0.29, 0.717) is 18.8 Å². The van der Waals surface area contributed by atoms with Crippen molar-refractivity contribution in [1.29, 1.82) is 0 Å². The highest BCUT2D eigenvalue weighted by molar-refractivity contribution is 5.87. The van der Waals surface area contributed by atoms with Crippen molar-refractivity contribution in [3.05, 3.63) is 35.4 Å². The number of nitrogens with one attached hydrogen (secondary N) is 1. The topological polar surface area (TPSA) is 109 Å². The van der Waals surface area contributed by atoms with Crippen LogP contribution in [0.25, 0.3) is 0 Å². The summed E-state index contributed by atoms with van der Waals surface area (Å²) in [5.41, 5.74) is 6.48. The second kappa shape index (κ2) is 9.20.